The van der Waals surface area contributed by atoms with Gasteiger partial charge in [-0.1, -0.05) is 0 Å². The Kier molecular flexibility index (Phi) is 2.75. The number of nitrogen functional groups attached to an aromatic ring is 1. The van der Waals surface area contributed by atoms with E-state index in [0.717, 1.165) is 19.3 Å². The fraction of sp³-hybridized carbons (Fsp3) is 0.364. The minimum absolute atomic E-state index is 0.0221. The van der Waals surface area contributed by atoms with Gasteiger partial charge in [0.1, 0.15) is 0 Å². The van der Waals surface area contributed by atoms with Gasteiger partial charge in [-0.25, -0.2) is 4.63 Å². The number of hydrogen-bond acceptors (Lipinski definition) is 6. The van der Waals surface area contributed by atoms with Crippen LogP contribution in [0.15, 0.2) is 16.1 Å². The monoisotopic (exact) mass is 264 g/mol. The number of hydrogen-bond donors (Lipinski definition) is 2. The van der Waals surface area contributed by atoms with Crippen molar-refractivity contribution in [3.8, 4) is 0 Å². The number of aromatic nitrogens is 2. The van der Waals surface area contributed by atoms with E-state index in [9.17, 15) is 4.79 Å². The van der Waals surface area contributed by atoms with E-state index in [1.807, 2.05) is 0 Å². The van der Waals surface area contributed by atoms with Gasteiger partial charge in [0.25, 0.3) is 5.91 Å². The molecule has 1 atom stereocenters. The molecule has 3 N–H and O–H groups in total. The molecule has 1 amide bonds. The molecule has 0 aromatic carbocycles. The molecule has 0 fully saturated rings. The molecule has 0 saturated carbocycles. The summed E-state index contributed by atoms with van der Waals surface area (Å²) in [5.41, 5.74) is 6.75. The summed E-state index contributed by atoms with van der Waals surface area (Å²) in [6.45, 7) is 0. The number of fused-ring (bicyclic) bond motifs is 1. The Bertz CT molecular complexity index is 577. The number of thiophene rings is 1. The van der Waals surface area contributed by atoms with Crippen LogP contribution in [-0.2, 0) is 6.42 Å². The number of nitrogens with zero attached hydrogens (tertiary/aromatic N) is 2. The van der Waals surface area contributed by atoms with Crippen molar-refractivity contribution in [1.82, 2.24) is 15.6 Å². The summed E-state index contributed by atoms with van der Waals surface area (Å²) in [6.07, 6.45) is 3.10. The number of carbonyl (C=O) groups excluding carboxylic acids is 1. The summed E-state index contributed by atoms with van der Waals surface area (Å²) in [5, 5.41) is 11.9. The van der Waals surface area contributed by atoms with Gasteiger partial charge in [-0.2, -0.15) is 0 Å². The lowest BCUT2D eigenvalue weighted by atomic mass is 9.94. The van der Waals surface area contributed by atoms with Crippen molar-refractivity contribution in [3.63, 3.8) is 0 Å². The fourth-order valence-electron chi connectivity index (χ4n) is 2.22. The fourth-order valence-corrected chi connectivity index (χ4v) is 3.20. The first-order chi connectivity index (χ1) is 8.75. The summed E-state index contributed by atoms with van der Waals surface area (Å²) in [5.74, 6) is -0.313. The molecule has 1 aliphatic carbocycles. The smallest absolute Gasteiger partial charge is 0.277 e. The number of amides is 1. The third-order valence-corrected chi connectivity index (χ3v) is 4.08. The molecular weight excluding hydrogens is 252 g/mol. The van der Waals surface area contributed by atoms with E-state index in [4.69, 9.17) is 5.73 Å². The lowest BCUT2D eigenvalue weighted by molar-refractivity contribution is 0.0923. The molecule has 18 heavy (non-hydrogen) atoms. The quantitative estimate of drug-likeness (QED) is 0.857. The van der Waals surface area contributed by atoms with Crippen molar-refractivity contribution >= 4 is 23.1 Å². The van der Waals surface area contributed by atoms with Crippen molar-refractivity contribution in [1.29, 1.82) is 0 Å². The molecule has 2 heterocycles. The van der Waals surface area contributed by atoms with Crippen LogP contribution >= 0.6 is 11.3 Å². The molecule has 1 aliphatic rings. The Morgan fingerprint density at radius 1 is 1.56 bits per heavy atom. The highest BCUT2D eigenvalue weighted by Gasteiger charge is 2.25. The van der Waals surface area contributed by atoms with Gasteiger partial charge >= 0.3 is 0 Å². The van der Waals surface area contributed by atoms with E-state index in [0.29, 0.717) is 0 Å². The van der Waals surface area contributed by atoms with Gasteiger partial charge in [-0.05, 0) is 46.6 Å². The maximum absolute atomic E-state index is 12.0. The summed E-state index contributed by atoms with van der Waals surface area (Å²) in [7, 11) is 0. The third-order valence-electron chi connectivity index (χ3n) is 3.09. The second-order valence-corrected chi connectivity index (χ2v) is 5.22. The van der Waals surface area contributed by atoms with Gasteiger partial charge in [-0.15, -0.1) is 11.3 Å². The number of carbonyl (C=O) groups is 1. The molecule has 0 radical (unpaired) electrons. The zero-order valence-corrected chi connectivity index (χ0v) is 10.4. The normalized spacial score (nSPS) is 18.3. The van der Waals surface area contributed by atoms with Crippen LogP contribution in [0.3, 0.4) is 0 Å². The average molecular weight is 264 g/mol. The molecule has 1 unspecified atom stereocenters. The largest absolute Gasteiger partial charge is 0.379 e. The average Bonchev–Trinajstić information content (AvgIpc) is 2.97. The highest BCUT2D eigenvalue weighted by molar-refractivity contribution is 7.10. The van der Waals surface area contributed by atoms with Crippen molar-refractivity contribution in [2.75, 3.05) is 5.73 Å². The minimum atomic E-state index is -0.335. The van der Waals surface area contributed by atoms with Crippen LogP contribution in [0.1, 0.15) is 39.8 Å². The van der Waals surface area contributed by atoms with Crippen molar-refractivity contribution in [3.05, 3.63) is 27.6 Å². The van der Waals surface area contributed by atoms with Crippen LogP contribution in [0.4, 0.5) is 5.82 Å². The van der Waals surface area contributed by atoms with Gasteiger partial charge in [0.15, 0.2) is 0 Å². The first-order valence-electron chi connectivity index (χ1n) is 5.71. The molecule has 2 aromatic heterocycles. The molecular formula is C11H12N4O2S. The van der Waals surface area contributed by atoms with Crippen molar-refractivity contribution < 1.29 is 9.42 Å². The molecule has 94 valence electrons. The van der Waals surface area contributed by atoms with E-state index >= 15 is 0 Å². The van der Waals surface area contributed by atoms with Crippen molar-refractivity contribution in [2.45, 2.75) is 25.3 Å². The van der Waals surface area contributed by atoms with Crippen molar-refractivity contribution in [2.24, 2.45) is 0 Å². The Morgan fingerprint density at radius 2 is 2.44 bits per heavy atom. The topological polar surface area (TPSA) is 94.0 Å². The van der Waals surface area contributed by atoms with E-state index in [-0.39, 0.29) is 23.5 Å². The minimum Gasteiger partial charge on any atom is -0.379 e. The summed E-state index contributed by atoms with van der Waals surface area (Å²) in [4.78, 5) is 13.3. The van der Waals surface area contributed by atoms with Crippen LogP contribution in [0.2, 0.25) is 0 Å². The Morgan fingerprint density at radius 3 is 3.22 bits per heavy atom. The molecule has 6 nitrogen and oxygen atoms in total. The van der Waals surface area contributed by atoms with Gasteiger partial charge < -0.3 is 11.1 Å². The number of nitrogens with one attached hydrogen (secondary N) is 1. The lowest BCUT2D eigenvalue weighted by Gasteiger charge is -2.23. The molecule has 7 heteroatoms. The summed E-state index contributed by atoms with van der Waals surface area (Å²) >= 11 is 1.73. The molecule has 3 rings (SSSR count). The highest BCUT2D eigenvalue weighted by atomic mass is 32.1. The van der Waals surface area contributed by atoms with Gasteiger partial charge in [0.2, 0.25) is 11.5 Å². The maximum atomic E-state index is 12.0. The van der Waals surface area contributed by atoms with E-state index < -0.39 is 0 Å². The molecule has 0 saturated heterocycles. The van der Waals surface area contributed by atoms with E-state index in [1.165, 1.54) is 10.4 Å². The SMILES string of the molecule is Nc1nonc1C(=O)NC1CCCc2sccc21. The van der Waals surface area contributed by atoms with Crippen LogP contribution in [0.5, 0.6) is 0 Å². The summed E-state index contributed by atoms with van der Waals surface area (Å²) < 4.78 is 4.43. The Hall–Kier alpha value is -1.89. The first kappa shape index (κ1) is 11.2. The molecule has 0 aliphatic heterocycles. The van der Waals surface area contributed by atoms with Crippen LogP contribution in [0.25, 0.3) is 0 Å². The zero-order valence-electron chi connectivity index (χ0n) is 9.55. The molecule has 2 aromatic rings. The van der Waals surface area contributed by atoms with Crippen LogP contribution < -0.4 is 11.1 Å². The van der Waals surface area contributed by atoms with Gasteiger partial charge in [0, 0.05) is 4.88 Å². The number of anilines is 1. The highest BCUT2D eigenvalue weighted by Crippen LogP contribution is 2.33. The second kappa shape index (κ2) is 4.41. The van der Waals surface area contributed by atoms with E-state index in [2.05, 4.69) is 31.7 Å². The maximum Gasteiger partial charge on any atom is 0.277 e. The number of nitrogens with two attached hydrogens (primary N) is 1. The van der Waals surface area contributed by atoms with Gasteiger partial charge in [0.05, 0.1) is 6.04 Å². The Balaban J connectivity index is 1.79. The lowest BCUT2D eigenvalue weighted by Crippen LogP contribution is -2.31. The summed E-state index contributed by atoms with van der Waals surface area (Å²) in [6, 6.07) is 2.10. The third kappa shape index (κ3) is 1.86. The Labute approximate surface area is 107 Å². The van der Waals surface area contributed by atoms with E-state index in [1.54, 1.807) is 11.3 Å². The van der Waals surface area contributed by atoms with Gasteiger partial charge in [-0.3, -0.25) is 4.79 Å². The predicted molar refractivity (Wildman–Crippen MR) is 66.2 cm³/mol. The van der Waals surface area contributed by atoms with Crippen LogP contribution in [-0.4, -0.2) is 16.2 Å². The standard InChI is InChI=1S/C11H12N4O2S/c12-10-9(14-17-15-10)11(16)13-7-2-1-3-8-6(7)4-5-18-8/h4-5,7H,1-3H2,(H2,12,15)(H,13,16). The number of rotatable bonds is 2. The number of aryl methyl sites for hydroxylation is 1. The second-order valence-electron chi connectivity index (χ2n) is 4.22. The molecule has 0 bridgehead atoms. The zero-order chi connectivity index (χ0) is 12.5. The first-order valence-corrected chi connectivity index (χ1v) is 6.59. The van der Waals surface area contributed by atoms with Crippen LogP contribution in [0, 0.1) is 0 Å². The predicted octanol–water partition coefficient (Wildman–Crippen LogP) is 1.52. The molecule has 0 spiro atoms.